The van der Waals surface area contributed by atoms with Crippen molar-refractivity contribution in [2.45, 2.75) is 24.5 Å². The maximum absolute atomic E-state index is 10.8. The quantitative estimate of drug-likeness (QED) is 0.688. The molecule has 0 bridgehead atoms. The minimum absolute atomic E-state index is 0.169. The van der Waals surface area contributed by atoms with E-state index in [0.717, 1.165) is 11.7 Å². The molecule has 0 spiro atoms. The van der Waals surface area contributed by atoms with Crippen LogP contribution in [-0.2, 0) is 4.79 Å². The summed E-state index contributed by atoms with van der Waals surface area (Å²) in [5, 5.41) is 3.35. The Labute approximate surface area is 75.3 Å². The summed E-state index contributed by atoms with van der Waals surface area (Å²) in [7, 11) is 5.55. The van der Waals surface area contributed by atoms with Crippen LogP contribution < -0.4 is 5.32 Å². The van der Waals surface area contributed by atoms with Gasteiger partial charge in [0.05, 0.1) is 0 Å². The fourth-order valence-corrected chi connectivity index (χ4v) is 3.96. The average Bonchev–Trinajstić information content (AvgIpc) is 2.52. The highest BCUT2D eigenvalue weighted by Gasteiger charge is 2.16. The van der Waals surface area contributed by atoms with E-state index in [9.17, 15) is 4.79 Å². The lowest BCUT2D eigenvalue weighted by molar-refractivity contribution is -0.120. The smallest absolute Gasteiger partial charge is 0.219 e. The number of carbonyl (C=O) groups is 1. The first-order valence-corrected chi connectivity index (χ1v) is 6.20. The van der Waals surface area contributed by atoms with Gasteiger partial charge in [-0.2, -0.15) is 0 Å². The fraction of sp³-hybridized carbons (Fsp3) is 0.857. The van der Waals surface area contributed by atoms with Gasteiger partial charge in [0.15, 0.2) is 0 Å². The van der Waals surface area contributed by atoms with E-state index in [0.29, 0.717) is 6.42 Å². The van der Waals surface area contributed by atoms with Crippen molar-refractivity contribution in [1.29, 1.82) is 0 Å². The van der Waals surface area contributed by atoms with Crippen LogP contribution in [0.1, 0.15) is 19.3 Å². The van der Waals surface area contributed by atoms with Gasteiger partial charge in [0, 0.05) is 24.5 Å². The molecule has 1 unspecified atom stereocenters. The molecule has 0 aliphatic carbocycles. The third-order valence-electron chi connectivity index (χ3n) is 1.70. The molecule has 11 heavy (non-hydrogen) atoms. The van der Waals surface area contributed by atoms with Gasteiger partial charge >= 0.3 is 0 Å². The molecule has 0 aromatic heterocycles. The first kappa shape index (κ1) is 9.26. The number of hydrogen-bond acceptors (Lipinski definition) is 3. The van der Waals surface area contributed by atoms with Crippen molar-refractivity contribution in [2.24, 2.45) is 0 Å². The minimum atomic E-state index is 0.169. The van der Waals surface area contributed by atoms with Crippen LogP contribution >= 0.6 is 21.6 Å². The summed E-state index contributed by atoms with van der Waals surface area (Å²) in [5.41, 5.74) is 0. The van der Waals surface area contributed by atoms with Gasteiger partial charge in [0.25, 0.3) is 0 Å². The molecular weight excluding hydrogens is 178 g/mol. The molecule has 1 aliphatic heterocycles. The van der Waals surface area contributed by atoms with Gasteiger partial charge in [-0.3, -0.25) is 4.79 Å². The third-order valence-corrected chi connectivity index (χ3v) is 4.71. The van der Waals surface area contributed by atoms with Crippen molar-refractivity contribution in [2.75, 3.05) is 12.8 Å². The largest absolute Gasteiger partial charge is 0.359 e. The monoisotopic (exact) mass is 191 g/mol. The number of carbonyl (C=O) groups excluding carboxylic acids is 1. The molecule has 1 amide bonds. The second-order valence-corrected chi connectivity index (χ2v) is 5.33. The van der Waals surface area contributed by atoms with Crippen molar-refractivity contribution in [3.05, 3.63) is 0 Å². The molecular formula is C7H13NOS2. The summed E-state index contributed by atoms with van der Waals surface area (Å²) in [4.78, 5) is 10.8. The summed E-state index contributed by atoms with van der Waals surface area (Å²) in [6.07, 6.45) is 3.00. The fourth-order valence-electron chi connectivity index (χ4n) is 0.982. The second-order valence-electron chi connectivity index (χ2n) is 2.54. The highest BCUT2D eigenvalue weighted by Crippen LogP contribution is 2.39. The molecule has 1 heterocycles. The lowest BCUT2D eigenvalue weighted by atomic mass is 10.2. The van der Waals surface area contributed by atoms with Crippen LogP contribution in [0, 0.1) is 0 Å². The van der Waals surface area contributed by atoms with Gasteiger partial charge in [0.1, 0.15) is 0 Å². The summed E-state index contributed by atoms with van der Waals surface area (Å²) in [6, 6.07) is 0. The third kappa shape index (κ3) is 3.38. The summed E-state index contributed by atoms with van der Waals surface area (Å²) < 4.78 is 0. The zero-order chi connectivity index (χ0) is 8.10. The highest BCUT2D eigenvalue weighted by molar-refractivity contribution is 8.77. The summed E-state index contributed by atoms with van der Waals surface area (Å²) in [5.74, 6) is 1.42. The van der Waals surface area contributed by atoms with Crippen LogP contribution in [0.4, 0.5) is 0 Å². The first-order chi connectivity index (χ1) is 5.33. The lowest BCUT2D eigenvalue weighted by Gasteiger charge is -2.04. The van der Waals surface area contributed by atoms with E-state index in [1.807, 2.05) is 21.6 Å². The van der Waals surface area contributed by atoms with Crippen LogP contribution in [-0.4, -0.2) is 24.0 Å². The van der Waals surface area contributed by atoms with Crippen molar-refractivity contribution in [1.82, 2.24) is 5.32 Å². The average molecular weight is 191 g/mol. The van der Waals surface area contributed by atoms with Crippen LogP contribution in [0.3, 0.4) is 0 Å². The van der Waals surface area contributed by atoms with Gasteiger partial charge in [-0.1, -0.05) is 21.6 Å². The topological polar surface area (TPSA) is 29.1 Å². The van der Waals surface area contributed by atoms with Crippen LogP contribution in [0.5, 0.6) is 0 Å². The normalized spacial score (nSPS) is 23.5. The van der Waals surface area contributed by atoms with E-state index in [-0.39, 0.29) is 5.91 Å². The van der Waals surface area contributed by atoms with E-state index in [2.05, 4.69) is 5.32 Å². The number of hydrogen-bond donors (Lipinski definition) is 1. The Kier molecular flexibility index (Phi) is 4.15. The molecule has 1 saturated heterocycles. The molecule has 0 radical (unpaired) electrons. The Morgan fingerprint density at radius 1 is 1.73 bits per heavy atom. The second kappa shape index (κ2) is 4.93. The Hall–Kier alpha value is 0.170. The van der Waals surface area contributed by atoms with E-state index < -0.39 is 0 Å². The molecule has 0 saturated carbocycles. The van der Waals surface area contributed by atoms with Crippen LogP contribution in [0.2, 0.25) is 0 Å². The Morgan fingerprint density at radius 2 is 2.55 bits per heavy atom. The number of rotatable bonds is 3. The lowest BCUT2D eigenvalue weighted by Crippen LogP contribution is -2.18. The summed E-state index contributed by atoms with van der Waals surface area (Å²) in [6.45, 7) is 0. The van der Waals surface area contributed by atoms with E-state index in [4.69, 9.17) is 0 Å². The molecule has 4 heteroatoms. The Morgan fingerprint density at radius 3 is 3.09 bits per heavy atom. The maximum atomic E-state index is 10.8. The standard InChI is InChI=1S/C7H13NOS2/c1-8-7(9)3-2-6-4-5-10-11-6/h6H,2-5H2,1H3,(H,8,9). The molecule has 0 aromatic carbocycles. The van der Waals surface area contributed by atoms with Crippen LogP contribution in [0.25, 0.3) is 0 Å². The number of amides is 1. The van der Waals surface area contributed by atoms with Gasteiger partial charge in [-0.25, -0.2) is 0 Å². The van der Waals surface area contributed by atoms with Crippen molar-refractivity contribution >= 4 is 27.5 Å². The minimum Gasteiger partial charge on any atom is -0.359 e. The molecule has 2 nitrogen and oxygen atoms in total. The van der Waals surface area contributed by atoms with Crippen molar-refractivity contribution < 1.29 is 4.79 Å². The van der Waals surface area contributed by atoms with E-state index in [1.165, 1.54) is 12.2 Å². The van der Waals surface area contributed by atoms with Crippen molar-refractivity contribution in [3.8, 4) is 0 Å². The molecule has 1 aliphatic rings. The Balaban J connectivity index is 2.06. The zero-order valence-corrected chi connectivity index (χ0v) is 8.26. The molecule has 1 rings (SSSR count). The molecule has 0 aromatic rings. The molecule has 64 valence electrons. The predicted molar refractivity (Wildman–Crippen MR) is 51.8 cm³/mol. The van der Waals surface area contributed by atoms with E-state index >= 15 is 0 Å². The molecule has 1 atom stereocenters. The predicted octanol–water partition coefficient (Wildman–Crippen LogP) is 1.67. The molecule has 1 N–H and O–H groups in total. The Bertz CT molecular complexity index is 134. The zero-order valence-electron chi connectivity index (χ0n) is 6.63. The van der Waals surface area contributed by atoms with Crippen LogP contribution in [0.15, 0.2) is 0 Å². The molecule has 1 fully saturated rings. The van der Waals surface area contributed by atoms with Gasteiger partial charge < -0.3 is 5.32 Å². The van der Waals surface area contributed by atoms with E-state index in [1.54, 1.807) is 7.05 Å². The maximum Gasteiger partial charge on any atom is 0.219 e. The van der Waals surface area contributed by atoms with Gasteiger partial charge in [-0.15, -0.1) is 0 Å². The SMILES string of the molecule is CNC(=O)CCC1CCSS1. The number of nitrogens with one attached hydrogen (secondary N) is 1. The first-order valence-electron chi connectivity index (χ1n) is 3.82. The van der Waals surface area contributed by atoms with Gasteiger partial charge in [0.2, 0.25) is 5.91 Å². The van der Waals surface area contributed by atoms with Gasteiger partial charge in [-0.05, 0) is 12.8 Å². The summed E-state index contributed by atoms with van der Waals surface area (Å²) >= 11 is 0. The van der Waals surface area contributed by atoms with Crippen molar-refractivity contribution in [3.63, 3.8) is 0 Å². The highest BCUT2D eigenvalue weighted by atomic mass is 33.1.